The minimum Gasteiger partial charge on any atom is -0.317 e. The minimum atomic E-state index is -4.16. The molecule has 0 spiro atoms. The molecule has 0 aromatic rings. The van der Waals surface area contributed by atoms with Gasteiger partial charge in [-0.15, -0.1) is 0 Å². The van der Waals surface area contributed by atoms with Crippen molar-refractivity contribution >= 4 is 0 Å². The highest BCUT2D eigenvalue weighted by atomic mass is 19.4. The van der Waals surface area contributed by atoms with Gasteiger partial charge in [-0.05, 0) is 19.5 Å². The summed E-state index contributed by atoms with van der Waals surface area (Å²) in [7, 11) is 0. The number of hydrogen-bond acceptors (Lipinski definition) is 1. The summed E-state index contributed by atoms with van der Waals surface area (Å²) in [5, 5.41) is 2.92. The average molecular weight is 167 g/mol. The van der Waals surface area contributed by atoms with E-state index in [9.17, 15) is 13.2 Å². The van der Waals surface area contributed by atoms with Crippen molar-refractivity contribution in [1.29, 1.82) is 0 Å². The van der Waals surface area contributed by atoms with E-state index >= 15 is 0 Å². The Hall–Kier alpha value is -0.510. The summed E-state index contributed by atoms with van der Waals surface area (Å²) in [5.41, 5.74) is 0. The van der Waals surface area contributed by atoms with Gasteiger partial charge in [0.2, 0.25) is 0 Å². The van der Waals surface area contributed by atoms with Crippen LogP contribution in [-0.4, -0.2) is 19.3 Å². The lowest BCUT2D eigenvalue weighted by molar-refractivity contribution is -0.0800. The van der Waals surface area contributed by atoms with Crippen LogP contribution in [0.4, 0.5) is 13.2 Å². The first-order chi connectivity index (χ1) is 5.06. The molecule has 0 radical (unpaired) electrons. The fourth-order valence-corrected chi connectivity index (χ4v) is 0.579. The van der Waals surface area contributed by atoms with Gasteiger partial charge in [0.25, 0.3) is 0 Å². The fourth-order valence-electron chi connectivity index (χ4n) is 0.579. The average Bonchev–Trinajstić information content (AvgIpc) is 1.85. The Morgan fingerprint density at radius 1 is 1.36 bits per heavy atom. The maximum atomic E-state index is 11.5. The summed E-state index contributed by atoms with van der Waals surface area (Å²) in [5.74, 6) is 0. The molecule has 0 bridgehead atoms. The molecular formula is C7H12F3N. The zero-order valence-electron chi connectivity index (χ0n) is 6.41. The standard InChI is InChI=1S/C7H12F3N/c1-2-11-6-4-3-5-7(8,9)10/h3,5,11H,2,4,6H2,1H3. The van der Waals surface area contributed by atoms with Crippen LogP contribution in [0.25, 0.3) is 0 Å². The number of hydrogen-bond donors (Lipinski definition) is 1. The van der Waals surface area contributed by atoms with E-state index in [1.54, 1.807) is 0 Å². The third-order valence-electron chi connectivity index (χ3n) is 1.04. The largest absolute Gasteiger partial charge is 0.409 e. The zero-order valence-corrected chi connectivity index (χ0v) is 6.41. The van der Waals surface area contributed by atoms with Gasteiger partial charge in [-0.1, -0.05) is 13.0 Å². The molecule has 4 heteroatoms. The zero-order chi connectivity index (χ0) is 8.74. The van der Waals surface area contributed by atoms with Crippen molar-refractivity contribution in [3.8, 4) is 0 Å². The Balaban J connectivity index is 3.30. The van der Waals surface area contributed by atoms with Gasteiger partial charge in [-0.3, -0.25) is 0 Å². The van der Waals surface area contributed by atoms with Gasteiger partial charge in [0.15, 0.2) is 0 Å². The van der Waals surface area contributed by atoms with Crippen LogP contribution < -0.4 is 5.32 Å². The van der Waals surface area contributed by atoms with Gasteiger partial charge < -0.3 is 5.32 Å². The quantitative estimate of drug-likeness (QED) is 0.499. The molecular weight excluding hydrogens is 155 g/mol. The summed E-state index contributed by atoms with van der Waals surface area (Å²) in [4.78, 5) is 0. The third kappa shape index (κ3) is 9.49. The molecule has 0 saturated carbocycles. The molecule has 0 rings (SSSR count). The Kier molecular flexibility index (Phi) is 4.94. The maximum absolute atomic E-state index is 11.5. The van der Waals surface area contributed by atoms with Crippen molar-refractivity contribution in [2.45, 2.75) is 19.5 Å². The van der Waals surface area contributed by atoms with Crippen LogP contribution in [0.5, 0.6) is 0 Å². The van der Waals surface area contributed by atoms with Crippen molar-refractivity contribution in [1.82, 2.24) is 5.32 Å². The topological polar surface area (TPSA) is 12.0 Å². The van der Waals surface area contributed by atoms with Crippen molar-refractivity contribution < 1.29 is 13.2 Å². The fraction of sp³-hybridized carbons (Fsp3) is 0.714. The number of allylic oxidation sites excluding steroid dienone is 1. The molecule has 11 heavy (non-hydrogen) atoms. The Morgan fingerprint density at radius 2 is 2.00 bits per heavy atom. The smallest absolute Gasteiger partial charge is 0.317 e. The van der Waals surface area contributed by atoms with Gasteiger partial charge in [-0.25, -0.2) is 0 Å². The third-order valence-corrected chi connectivity index (χ3v) is 1.04. The Labute approximate surface area is 64.3 Å². The van der Waals surface area contributed by atoms with E-state index in [1.165, 1.54) is 0 Å². The van der Waals surface area contributed by atoms with Gasteiger partial charge in [-0.2, -0.15) is 13.2 Å². The molecule has 1 nitrogen and oxygen atoms in total. The van der Waals surface area contributed by atoms with Gasteiger partial charge in [0.05, 0.1) is 0 Å². The Morgan fingerprint density at radius 3 is 2.45 bits per heavy atom. The van der Waals surface area contributed by atoms with Gasteiger partial charge in [0.1, 0.15) is 0 Å². The van der Waals surface area contributed by atoms with E-state index in [1.807, 2.05) is 6.92 Å². The summed E-state index contributed by atoms with van der Waals surface area (Å²) < 4.78 is 34.4. The van der Waals surface area contributed by atoms with Crippen LogP contribution in [-0.2, 0) is 0 Å². The van der Waals surface area contributed by atoms with Crippen LogP contribution in [0.15, 0.2) is 12.2 Å². The molecule has 0 aromatic heterocycles. The highest BCUT2D eigenvalue weighted by Gasteiger charge is 2.21. The molecule has 0 amide bonds. The maximum Gasteiger partial charge on any atom is 0.409 e. The van der Waals surface area contributed by atoms with E-state index in [-0.39, 0.29) is 6.08 Å². The number of halogens is 3. The molecule has 0 saturated heterocycles. The second-order valence-corrected chi connectivity index (χ2v) is 2.09. The highest BCUT2D eigenvalue weighted by molar-refractivity contribution is 4.88. The molecule has 0 aliphatic carbocycles. The summed E-state index contributed by atoms with van der Waals surface area (Å²) in [6, 6.07) is 0. The SMILES string of the molecule is CCNCCC=CC(F)(F)F. The van der Waals surface area contributed by atoms with Crippen molar-refractivity contribution in [2.24, 2.45) is 0 Å². The highest BCUT2D eigenvalue weighted by Crippen LogP contribution is 2.15. The Bertz CT molecular complexity index is 117. The second kappa shape index (κ2) is 5.18. The molecule has 1 N–H and O–H groups in total. The number of rotatable bonds is 4. The molecule has 0 aromatic carbocycles. The minimum absolute atomic E-state index is 0.268. The van der Waals surface area contributed by atoms with E-state index < -0.39 is 6.18 Å². The molecule has 0 fully saturated rings. The normalized spacial score (nSPS) is 12.7. The molecule has 0 aliphatic heterocycles. The van der Waals surface area contributed by atoms with E-state index in [0.29, 0.717) is 13.0 Å². The predicted octanol–water partition coefficient (Wildman–Crippen LogP) is 2.10. The first-order valence-corrected chi connectivity index (χ1v) is 3.51. The molecule has 0 heterocycles. The summed E-state index contributed by atoms with van der Waals surface area (Å²) >= 11 is 0. The summed E-state index contributed by atoms with van der Waals surface area (Å²) in [6.07, 6.45) is -2.34. The van der Waals surface area contributed by atoms with E-state index in [4.69, 9.17) is 0 Å². The first kappa shape index (κ1) is 10.5. The van der Waals surface area contributed by atoms with E-state index in [2.05, 4.69) is 5.32 Å². The molecule has 0 unspecified atom stereocenters. The lowest BCUT2D eigenvalue weighted by atomic mass is 10.3. The van der Waals surface area contributed by atoms with Crippen LogP contribution in [0, 0.1) is 0 Å². The van der Waals surface area contributed by atoms with Crippen molar-refractivity contribution in [3.63, 3.8) is 0 Å². The van der Waals surface area contributed by atoms with Crippen molar-refractivity contribution in [2.75, 3.05) is 13.1 Å². The lowest BCUT2D eigenvalue weighted by Crippen LogP contribution is -2.13. The van der Waals surface area contributed by atoms with Crippen LogP contribution >= 0.6 is 0 Å². The lowest BCUT2D eigenvalue weighted by Gasteiger charge is -1.98. The van der Waals surface area contributed by atoms with Crippen LogP contribution in [0.1, 0.15) is 13.3 Å². The first-order valence-electron chi connectivity index (χ1n) is 3.51. The number of nitrogens with one attached hydrogen (secondary N) is 1. The van der Waals surface area contributed by atoms with Crippen LogP contribution in [0.2, 0.25) is 0 Å². The predicted molar refractivity (Wildman–Crippen MR) is 38.4 cm³/mol. The second-order valence-electron chi connectivity index (χ2n) is 2.09. The van der Waals surface area contributed by atoms with Crippen LogP contribution in [0.3, 0.4) is 0 Å². The number of alkyl halides is 3. The molecule has 0 aliphatic rings. The summed E-state index contributed by atoms with van der Waals surface area (Å²) in [6.45, 7) is 3.30. The monoisotopic (exact) mass is 167 g/mol. The van der Waals surface area contributed by atoms with Gasteiger partial charge >= 0.3 is 6.18 Å². The van der Waals surface area contributed by atoms with Crippen molar-refractivity contribution in [3.05, 3.63) is 12.2 Å². The van der Waals surface area contributed by atoms with E-state index in [0.717, 1.165) is 12.6 Å². The van der Waals surface area contributed by atoms with Gasteiger partial charge in [0, 0.05) is 6.08 Å². The molecule has 0 atom stereocenters. The molecule has 66 valence electrons.